The predicted molar refractivity (Wildman–Crippen MR) is 148 cm³/mol. The second kappa shape index (κ2) is 10.2. The Morgan fingerprint density at radius 1 is 0.946 bits per heavy atom. The summed E-state index contributed by atoms with van der Waals surface area (Å²) in [6.07, 6.45) is 1.75. The van der Waals surface area contributed by atoms with E-state index < -0.39 is 0 Å². The number of carbonyl (C=O) groups excluding carboxylic acids is 1. The molecule has 0 aliphatic carbocycles. The number of aryl methyl sites for hydroxylation is 2. The number of fused-ring (bicyclic) bond motifs is 1. The van der Waals surface area contributed by atoms with E-state index in [0.29, 0.717) is 12.2 Å². The lowest BCUT2D eigenvalue weighted by Gasteiger charge is -2.09. The normalized spacial score (nSPS) is 11.2. The summed E-state index contributed by atoms with van der Waals surface area (Å²) in [4.78, 5) is 17.7. The van der Waals surface area contributed by atoms with E-state index in [4.69, 9.17) is 4.74 Å². The summed E-state index contributed by atoms with van der Waals surface area (Å²) in [5.74, 6) is 0.610. The molecule has 5 aromatic rings. The van der Waals surface area contributed by atoms with E-state index in [2.05, 4.69) is 48.6 Å². The molecule has 9 heteroatoms. The molecular weight excluding hydrogens is 532 g/mol. The van der Waals surface area contributed by atoms with E-state index in [1.54, 1.807) is 18.0 Å². The summed E-state index contributed by atoms with van der Waals surface area (Å²) in [5.41, 5.74) is 7.05. The van der Waals surface area contributed by atoms with Crippen LogP contribution in [0.3, 0.4) is 0 Å². The van der Waals surface area contributed by atoms with Crippen LogP contribution in [0.15, 0.2) is 65.3 Å². The average molecular weight is 559 g/mol. The zero-order chi connectivity index (χ0) is 26.1. The summed E-state index contributed by atoms with van der Waals surface area (Å²) in [7, 11) is 1.65. The minimum absolute atomic E-state index is 0.0418. The van der Waals surface area contributed by atoms with Gasteiger partial charge in [-0.2, -0.15) is 10.2 Å². The molecule has 5 rings (SSSR count). The lowest BCUT2D eigenvalue weighted by atomic mass is 10.0. The van der Waals surface area contributed by atoms with Crippen molar-refractivity contribution in [2.45, 2.75) is 33.9 Å². The number of benzene rings is 2. The third-order valence-electron chi connectivity index (χ3n) is 6.39. The number of rotatable bonds is 7. The molecule has 0 atom stereocenters. The number of pyridine rings is 1. The first-order valence-corrected chi connectivity index (χ1v) is 12.7. The Morgan fingerprint density at radius 3 is 2.35 bits per heavy atom. The van der Waals surface area contributed by atoms with Gasteiger partial charge in [0, 0.05) is 16.1 Å². The minimum Gasteiger partial charge on any atom is -0.497 e. The molecule has 0 radical (unpaired) electrons. The van der Waals surface area contributed by atoms with Crippen LogP contribution in [0.2, 0.25) is 0 Å². The summed E-state index contributed by atoms with van der Waals surface area (Å²) in [5, 5.41) is 13.3. The molecule has 0 saturated carbocycles. The van der Waals surface area contributed by atoms with Crippen molar-refractivity contribution in [1.29, 1.82) is 0 Å². The fraction of sp³-hybridized carbons (Fsp3) is 0.214. The van der Waals surface area contributed by atoms with Crippen LogP contribution >= 0.6 is 15.9 Å². The van der Waals surface area contributed by atoms with Gasteiger partial charge in [-0.25, -0.2) is 9.67 Å². The van der Waals surface area contributed by atoms with Gasteiger partial charge in [-0.15, -0.1) is 0 Å². The number of aromatic nitrogens is 5. The molecule has 2 aromatic carbocycles. The number of methoxy groups -OCH3 is 1. The highest BCUT2D eigenvalue weighted by atomic mass is 79.9. The van der Waals surface area contributed by atoms with Crippen LogP contribution in [0.4, 0.5) is 5.69 Å². The second-order valence-electron chi connectivity index (χ2n) is 8.91. The van der Waals surface area contributed by atoms with Crippen molar-refractivity contribution in [3.63, 3.8) is 0 Å². The Kier molecular flexibility index (Phi) is 6.80. The Balaban J connectivity index is 1.37. The number of ether oxygens (including phenoxy) is 1. The van der Waals surface area contributed by atoms with Gasteiger partial charge in [0.05, 0.1) is 36.4 Å². The van der Waals surface area contributed by atoms with E-state index >= 15 is 0 Å². The van der Waals surface area contributed by atoms with Crippen molar-refractivity contribution in [2.24, 2.45) is 0 Å². The van der Waals surface area contributed by atoms with Crippen LogP contribution in [0.25, 0.3) is 22.2 Å². The average Bonchev–Trinajstić information content (AvgIpc) is 3.35. The zero-order valence-corrected chi connectivity index (χ0v) is 22.7. The predicted octanol–water partition coefficient (Wildman–Crippen LogP) is 5.68. The highest BCUT2D eigenvalue weighted by Crippen LogP contribution is 2.31. The molecule has 188 valence electrons. The van der Waals surface area contributed by atoms with Gasteiger partial charge >= 0.3 is 0 Å². The van der Waals surface area contributed by atoms with Crippen molar-refractivity contribution in [2.75, 3.05) is 12.4 Å². The topological polar surface area (TPSA) is 86.9 Å². The fourth-order valence-electron chi connectivity index (χ4n) is 4.51. The highest BCUT2D eigenvalue weighted by Gasteiger charge is 2.18. The molecule has 3 heterocycles. The Labute approximate surface area is 223 Å². The van der Waals surface area contributed by atoms with Crippen LogP contribution in [0.5, 0.6) is 5.75 Å². The molecule has 0 saturated heterocycles. The lowest BCUT2D eigenvalue weighted by molar-refractivity contribution is -0.116. The van der Waals surface area contributed by atoms with Crippen molar-refractivity contribution < 1.29 is 9.53 Å². The number of anilines is 1. The largest absolute Gasteiger partial charge is 0.497 e. The summed E-state index contributed by atoms with van der Waals surface area (Å²) in [6.45, 7) is 6.46. The summed E-state index contributed by atoms with van der Waals surface area (Å²) in [6, 6.07) is 18.0. The Hall–Kier alpha value is -3.98. The molecular formula is C28H27BrN6O2. The molecule has 3 aromatic heterocycles. The van der Waals surface area contributed by atoms with Gasteiger partial charge in [-0.3, -0.25) is 9.48 Å². The van der Waals surface area contributed by atoms with Crippen LogP contribution < -0.4 is 10.1 Å². The molecule has 0 spiro atoms. The maximum Gasteiger partial charge on any atom is 0.246 e. The lowest BCUT2D eigenvalue weighted by Crippen LogP contribution is -2.20. The van der Waals surface area contributed by atoms with Gasteiger partial charge in [-0.1, -0.05) is 40.2 Å². The van der Waals surface area contributed by atoms with Crippen molar-refractivity contribution in [3.05, 3.63) is 87.9 Å². The highest BCUT2D eigenvalue weighted by molar-refractivity contribution is 9.10. The van der Waals surface area contributed by atoms with E-state index in [1.165, 1.54) is 0 Å². The van der Waals surface area contributed by atoms with E-state index in [1.807, 2.05) is 67.9 Å². The molecule has 0 aliphatic rings. The van der Waals surface area contributed by atoms with Crippen LogP contribution in [0, 0.1) is 20.8 Å². The fourth-order valence-corrected chi connectivity index (χ4v) is 4.78. The maximum absolute atomic E-state index is 13.1. The monoisotopic (exact) mass is 558 g/mol. The Bertz CT molecular complexity index is 1590. The van der Waals surface area contributed by atoms with Crippen molar-refractivity contribution in [1.82, 2.24) is 24.5 Å². The van der Waals surface area contributed by atoms with E-state index in [-0.39, 0.29) is 12.5 Å². The minimum atomic E-state index is -0.185. The van der Waals surface area contributed by atoms with Crippen LogP contribution in [0.1, 0.15) is 22.6 Å². The standard InChI is InChI=1S/C28H27BrN6O2/c1-17-26-24(21-7-11-23(37-4)12-8-21)13-14-30-28(26)35(32-17)16-25(36)31-27-18(2)33-34(19(27)3)15-20-5-9-22(29)10-6-20/h5-14H,15-16H2,1-4H3,(H,31,36). The summed E-state index contributed by atoms with van der Waals surface area (Å²) < 4.78 is 9.88. The zero-order valence-electron chi connectivity index (χ0n) is 21.1. The number of amides is 1. The van der Waals surface area contributed by atoms with E-state index in [0.717, 1.165) is 55.1 Å². The second-order valence-corrected chi connectivity index (χ2v) is 9.82. The molecule has 0 unspecified atom stereocenters. The van der Waals surface area contributed by atoms with Gasteiger partial charge < -0.3 is 10.1 Å². The van der Waals surface area contributed by atoms with Gasteiger partial charge in [0.15, 0.2) is 5.65 Å². The van der Waals surface area contributed by atoms with E-state index in [9.17, 15) is 4.79 Å². The van der Waals surface area contributed by atoms with Crippen LogP contribution in [-0.4, -0.2) is 37.6 Å². The van der Waals surface area contributed by atoms with Crippen molar-refractivity contribution >= 4 is 38.6 Å². The third kappa shape index (κ3) is 4.99. The maximum atomic E-state index is 13.1. The van der Waals surface area contributed by atoms with Gasteiger partial charge in [0.2, 0.25) is 5.91 Å². The molecule has 0 aliphatic heterocycles. The molecule has 1 amide bonds. The molecule has 1 N–H and O–H groups in total. The quantitative estimate of drug-likeness (QED) is 0.277. The molecule has 0 fully saturated rings. The van der Waals surface area contributed by atoms with Gasteiger partial charge in [0.1, 0.15) is 12.3 Å². The number of halogens is 1. The molecule has 37 heavy (non-hydrogen) atoms. The number of nitrogens with zero attached hydrogens (tertiary/aromatic N) is 5. The first-order chi connectivity index (χ1) is 17.8. The number of nitrogens with one attached hydrogen (secondary N) is 1. The van der Waals surface area contributed by atoms with Gasteiger partial charge in [-0.05, 0) is 67.8 Å². The van der Waals surface area contributed by atoms with Crippen molar-refractivity contribution in [3.8, 4) is 16.9 Å². The molecule has 0 bridgehead atoms. The summed E-state index contributed by atoms with van der Waals surface area (Å²) >= 11 is 3.47. The first-order valence-electron chi connectivity index (χ1n) is 11.9. The third-order valence-corrected chi connectivity index (χ3v) is 6.92. The number of hydrogen-bond acceptors (Lipinski definition) is 5. The smallest absolute Gasteiger partial charge is 0.246 e. The Morgan fingerprint density at radius 2 is 1.65 bits per heavy atom. The molecule has 8 nitrogen and oxygen atoms in total. The van der Waals surface area contributed by atoms with Gasteiger partial charge in [0.25, 0.3) is 0 Å². The number of hydrogen-bond donors (Lipinski definition) is 1. The first kappa shape index (κ1) is 24.7. The number of carbonyl (C=O) groups is 1. The van der Waals surface area contributed by atoms with Crippen LogP contribution in [-0.2, 0) is 17.9 Å². The SMILES string of the molecule is COc1ccc(-c2ccnc3c2c(C)nn3CC(=O)Nc2c(C)nn(Cc3ccc(Br)cc3)c2C)cc1.